The number of fused-ring (bicyclic) bond motifs is 3. The van der Waals surface area contributed by atoms with Crippen molar-refractivity contribution in [1.29, 1.82) is 0 Å². The Labute approximate surface area is 149 Å². The van der Waals surface area contributed by atoms with Crippen molar-refractivity contribution < 1.29 is 29.3 Å². The average Bonchev–Trinajstić information content (AvgIpc) is 2.93. The minimum absolute atomic E-state index is 0.126. The molecule has 7 nitrogen and oxygen atoms in total. The first-order chi connectivity index (χ1) is 12.3. The molecule has 1 atom stereocenters. The summed E-state index contributed by atoms with van der Waals surface area (Å²) in [6.07, 6.45) is -1.06. The first-order valence-corrected chi connectivity index (χ1v) is 7.94. The highest BCUT2D eigenvalue weighted by Gasteiger charge is 2.46. The maximum Gasteiger partial charge on any atom is 0.338 e. The third kappa shape index (κ3) is 2.93. The molecular weight excluding hydrogens is 338 g/mol. The second-order valence-corrected chi connectivity index (χ2v) is 6.17. The predicted octanol–water partition coefficient (Wildman–Crippen LogP) is 1.60. The molecule has 0 aliphatic heterocycles. The van der Waals surface area contributed by atoms with Crippen LogP contribution in [0.25, 0.3) is 11.1 Å². The lowest BCUT2D eigenvalue weighted by atomic mass is 9.96. The van der Waals surface area contributed by atoms with E-state index in [2.05, 4.69) is 0 Å². The smallest absolute Gasteiger partial charge is 0.338 e. The number of hydrogen-bond donors (Lipinski definition) is 3. The van der Waals surface area contributed by atoms with Crippen LogP contribution in [0.15, 0.2) is 48.5 Å². The zero-order chi connectivity index (χ0) is 18.9. The summed E-state index contributed by atoms with van der Waals surface area (Å²) in [6, 6.07) is 15.3. The molecule has 1 aliphatic carbocycles. The average molecular weight is 355 g/mol. The molecule has 0 heterocycles. The largest absolute Gasteiger partial charge is 0.481 e. The lowest BCUT2D eigenvalue weighted by Crippen LogP contribution is -2.57. The van der Waals surface area contributed by atoms with E-state index >= 15 is 0 Å². The predicted molar refractivity (Wildman–Crippen MR) is 91.5 cm³/mol. The Kier molecular flexibility index (Phi) is 4.48. The number of carbonyl (C=O) groups excluding carboxylic acids is 1. The van der Waals surface area contributed by atoms with Crippen molar-refractivity contribution >= 4 is 17.9 Å². The van der Waals surface area contributed by atoms with Crippen molar-refractivity contribution in [2.24, 2.45) is 5.73 Å². The Morgan fingerprint density at radius 2 is 1.46 bits per heavy atom. The van der Waals surface area contributed by atoms with E-state index in [0.29, 0.717) is 0 Å². The van der Waals surface area contributed by atoms with Gasteiger partial charge in [0.1, 0.15) is 6.61 Å². The molecule has 26 heavy (non-hydrogen) atoms. The minimum atomic E-state index is -2.62. The van der Waals surface area contributed by atoms with Crippen LogP contribution in [0.5, 0.6) is 0 Å². The van der Waals surface area contributed by atoms with Gasteiger partial charge in [-0.15, -0.1) is 0 Å². The normalized spacial score (nSPS) is 14.8. The zero-order valence-electron chi connectivity index (χ0n) is 13.7. The Balaban J connectivity index is 1.85. The van der Waals surface area contributed by atoms with E-state index in [-0.39, 0.29) is 12.5 Å². The molecule has 0 fully saturated rings. The number of carbonyl (C=O) groups is 3. The van der Waals surface area contributed by atoms with Gasteiger partial charge in [-0.1, -0.05) is 48.5 Å². The fraction of sp³-hybridized carbons (Fsp3) is 0.211. The van der Waals surface area contributed by atoms with E-state index in [4.69, 9.17) is 15.6 Å². The van der Waals surface area contributed by atoms with Gasteiger partial charge in [0.2, 0.25) is 5.54 Å². The van der Waals surface area contributed by atoms with Crippen LogP contribution in [0.2, 0.25) is 0 Å². The first kappa shape index (κ1) is 17.6. The van der Waals surface area contributed by atoms with Crippen LogP contribution in [0.3, 0.4) is 0 Å². The van der Waals surface area contributed by atoms with E-state index in [1.807, 2.05) is 48.5 Å². The molecule has 3 rings (SSSR count). The fourth-order valence-electron chi connectivity index (χ4n) is 3.20. The third-order valence-electron chi connectivity index (χ3n) is 4.52. The second-order valence-electron chi connectivity index (χ2n) is 6.17. The number of rotatable bonds is 6. The monoisotopic (exact) mass is 355 g/mol. The van der Waals surface area contributed by atoms with Crippen molar-refractivity contribution in [3.63, 3.8) is 0 Å². The van der Waals surface area contributed by atoms with E-state index in [1.54, 1.807) is 0 Å². The van der Waals surface area contributed by atoms with Crippen molar-refractivity contribution in [2.45, 2.75) is 17.9 Å². The number of carboxylic acids is 2. The van der Waals surface area contributed by atoms with Crippen LogP contribution in [0.1, 0.15) is 23.5 Å². The van der Waals surface area contributed by atoms with Gasteiger partial charge in [-0.25, -0.2) is 9.59 Å². The number of benzene rings is 2. The number of esters is 1. The van der Waals surface area contributed by atoms with Crippen molar-refractivity contribution in [1.82, 2.24) is 0 Å². The maximum atomic E-state index is 12.2. The molecule has 0 unspecified atom stereocenters. The lowest BCUT2D eigenvalue weighted by molar-refractivity contribution is -0.165. The second kappa shape index (κ2) is 6.61. The molecule has 0 aromatic heterocycles. The summed E-state index contributed by atoms with van der Waals surface area (Å²) < 4.78 is 5.16. The highest BCUT2D eigenvalue weighted by Crippen LogP contribution is 2.44. The van der Waals surface area contributed by atoms with Gasteiger partial charge in [0.25, 0.3) is 0 Å². The molecule has 4 N–H and O–H groups in total. The summed E-state index contributed by atoms with van der Waals surface area (Å²) in [5, 5.41) is 18.0. The Morgan fingerprint density at radius 3 is 1.92 bits per heavy atom. The molecule has 134 valence electrons. The van der Waals surface area contributed by atoms with Crippen molar-refractivity contribution in [3.8, 4) is 11.1 Å². The summed E-state index contributed by atoms with van der Waals surface area (Å²) in [5.41, 5.74) is 6.84. The van der Waals surface area contributed by atoms with Gasteiger partial charge >= 0.3 is 17.9 Å². The third-order valence-corrected chi connectivity index (χ3v) is 4.52. The van der Waals surface area contributed by atoms with Gasteiger partial charge in [0.15, 0.2) is 0 Å². The number of aliphatic carboxylic acids is 2. The van der Waals surface area contributed by atoms with Crippen molar-refractivity contribution in [2.75, 3.05) is 6.61 Å². The Hall–Kier alpha value is -3.19. The lowest BCUT2D eigenvalue weighted by Gasteiger charge is -2.22. The minimum Gasteiger partial charge on any atom is -0.481 e. The summed E-state index contributed by atoms with van der Waals surface area (Å²) in [6.45, 7) is -0.126. The van der Waals surface area contributed by atoms with Gasteiger partial charge in [-0.2, -0.15) is 0 Å². The van der Waals surface area contributed by atoms with Gasteiger partial charge in [0, 0.05) is 5.92 Å². The SMILES string of the molecule is N[C@@](CC(=O)O)(C(=O)O)C(=O)OCC1c2ccccc2-c2ccccc21. The van der Waals surface area contributed by atoms with E-state index < -0.39 is 29.9 Å². The van der Waals surface area contributed by atoms with Crippen LogP contribution in [-0.2, 0) is 19.1 Å². The summed E-state index contributed by atoms with van der Waals surface area (Å²) in [5.74, 6) is -4.77. The highest BCUT2D eigenvalue weighted by molar-refractivity contribution is 6.06. The summed E-state index contributed by atoms with van der Waals surface area (Å²) in [7, 11) is 0. The summed E-state index contributed by atoms with van der Waals surface area (Å²) in [4.78, 5) is 34.4. The van der Waals surface area contributed by atoms with Crippen LogP contribution in [0, 0.1) is 0 Å². The van der Waals surface area contributed by atoms with Crippen LogP contribution >= 0.6 is 0 Å². The molecule has 2 aromatic rings. The van der Waals surface area contributed by atoms with Crippen LogP contribution < -0.4 is 5.73 Å². The summed E-state index contributed by atoms with van der Waals surface area (Å²) >= 11 is 0. The first-order valence-electron chi connectivity index (χ1n) is 7.94. The Bertz CT molecular complexity index is 848. The molecule has 2 aromatic carbocycles. The van der Waals surface area contributed by atoms with E-state index in [0.717, 1.165) is 22.3 Å². The van der Waals surface area contributed by atoms with Gasteiger partial charge in [-0.05, 0) is 22.3 Å². The molecule has 0 saturated heterocycles. The number of nitrogens with two attached hydrogens (primary N) is 1. The van der Waals surface area contributed by atoms with Crippen LogP contribution in [-0.4, -0.2) is 40.3 Å². The number of carboxylic acid groups (broad SMARTS) is 2. The number of ether oxygens (including phenoxy) is 1. The molecule has 0 amide bonds. The van der Waals surface area contributed by atoms with E-state index in [9.17, 15) is 19.5 Å². The van der Waals surface area contributed by atoms with Crippen LogP contribution in [0.4, 0.5) is 0 Å². The quantitative estimate of drug-likeness (QED) is 0.530. The Morgan fingerprint density at radius 1 is 0.962 bits per heavy atom. The molecule has 1 aliphatic rings. The molecule has 0 spiro atoms. The van der Waals surface area contributed by atoms with E-state index in [1.165, 1.54) is 0 Å². The highest BCUT2D eigenvalue weighted by atomic mass is 16.5. The molecule has 0 radical (unpaired) electrons. The number of hydrogen-bond acceptors (Lipinski definition) is 5. The van der Waals surface area contributed by atoms with Crippen molar-refractivity contribution in [3.05, 3.63) is 59.7 Å². The standard InChI is InChI=1S/C19H17NO6/c20-19(17(23)24,9-16(21)22)18(25)26-10-15-13-7-3-1-5-11(13)12-6-2-4-8-14(12)15/h1-8,15H,9-10,20H2,(H,21,22)(H,23,24)/t19-/m0/s1. The van der Waals surface area contributed by atoms with Gasteiger partial charge in [0.05, 0.1) is 6.42 Å². The zero-order valence-corrected chi connectivity index (χ0v) is 13.7. The molecular formula is C19H17NO6. The topological polar surface area (TPSA) is 127 Å². The molecule has 0 bridgehead atoms. The molecule has 0 saturated carbocycles. The fourth-order valence-corrected chi connectivity index (χ4v) is 3.20. The van der Waals surface area contributed by atoms with Gasteiger partial charge < -0.3 is 20.7 Å². The molecule has 7 heteroatoms. The van der Waals surface area contributed by atoms with Gasteiger partial charge in [-0.3, -0.25) is 4.79 Å². The maximum absolute atomic E-state index is 12.2.